The number of rotatable bonds is 5. The number of carbonyl (C=O) groups is 2. The predicted molar refractivity (Wildman–Crippen MR) is 94.5 cm³/mol. The summed E-state index contributed by atoms with van der Waals surface area (Å²) < 4.78 is 13.0. The van der Waals surface area contributed by atoms with Crippen molar-refractivity contribution < 1.29 is 14.0 Å². The van der Waals surface area contributed by atoms with E-state index in [9.17, 15) is 14.0 Å². The summed E-state index contributed by atoms with van der Waals surface area (Å²) in [5.41, 5.74) is 1.14. The van der Waals surface area contributed by atoms with E-state index in [0.717, 1.165) is 57.2 Å². The van der Waals surface area contributed by atoms with Crippen molar-refractivity contribution in [3.63, 3.8) is 0 Å². The first-order valence-electron chi connectivity index (χ1n) is 9.42. The van der Waals surface area contributed by atoms with Crippen LogP contribution in [0.15, 0.2) is 24.3 Å². The zero-order chi connectivity index (χ0) is 17.6. The van der Waals surface area contributed by atoms with Crippen molar-refractivity contribution in [1.29, 1.82) is 0 Å². The summed E-state index contributed by atoms with van der Waals surface area (Å²) in [4.78, 5) is 28.1. The van der Waals surface area contributed by atoms with Gasteiger partial charge in [0.2, 0.25) is 11.8 Å². The van der Waals surface area contributed by atoms with E-state index in [1.165, 1.54) is 12.1 Å². The summed E-state index contributed by atoms with van der Waals surface area (Å²) in [6, 6.07) is 6.68. The average Bonchev–Trinajstić information content (AvgIpc) is 2.63. The second-order valence-electron chi connectivity index (χ2n) is 7.29. The summed E-state index contributed by atoms with van der Waals surface area (Å²) in [6.07, 6.45) is 6.60. The lowest BCUT2D eigenvalue weighted by atomic mass is 9.91. The van der Waals surface area contributed by atoms with Gasteiger partial charge in [-0.05, 0) is 62.1 Å². The van der Waals surface area contributed by atoms with Crippen LogP contribution in [-0.2, 0) is 16.0 Å². The smallest absolute Gasteiger partial charge is 0.242 e. The number of likely N-dealkylation sites (tertiary alicyclic amines) is 2. The Morgan fingerprint density at radius 3 is 2.68 bits per heavy atom. The Hall–Kier alpha value is -1.91. The van der Waals surface area contributed by atoms with Crippen LogP contribution in [0.25, 0.3) is 0 Å². The number of halogens is 1. The number of hydrogen-bond acceptors (Lipinski definition) is 2. The lowest BCUT2D eigenvalue weighted by molar-refractivity contribution is -0.142. The van der Waals surface area contributed by atoms with Crippen molar-refractivity contribution in [3.05, 3.63) is 35.6 Å². The first-order valence-corrected chi connectivity index (χ1v) is 9.42. The van der Waals surface area contributed by atoms with Crippen molar-refractivity contribution in [2.75, 3.05) is 26.2 Å². The molecule has 2 fully saturated rings. The highest BCUT2D eigenvalue weighted by atomic mass is 19.1. The maximum atomic E-state index is 13.0. The number of piperidine rings is 2. The molecular formula is C20H27FN2O2. The molecule has 0 aromatic heterocycles. The molecule has 136 valence electrons. The summed E-state index contributed by atoms with van der Waals surface area (Å²) >= 11 is 0. The Morgan fingerprint density at radius 2 is 1.92 bits per heavy atom. The molecule has 2 heterocycles. The Kier molecular flexibility index (Phi) is 6.05. The standard InChI is InChI=1S/C20H27FN2O2/c21-18-10-8-16(9-11-18)6-7-17-4-3-13-22(14-17)20(25)15-23-12-2-1-5-19(23)24/h8-11,17H,1-7,12-15H2/t17-/m0/s1. The molecule has 1 atom stereocenters. The van der Waals surface area contributed by atoms with Crippen LogP contribution in [0.5, 0.6) is 0 Å². The minimum absolute atomic E-state index is 0.0849. The molecule has 0 saturated carbocycles. The minimum Gasteiger partial charge on any atom is -0.341 e. The number of hydrogen-bond donors (Lipinski definition) is 0. The van der Waals surface area contributed by atoms with Gasteiger partial charge in [0.1, 0.15) is 5.82 Å². The van der Waals surface area contributed by atoms with Crippen LogP contribution in [0.4, 0.5) is 4.39 Å². The SMILES string of the molecule is O=C1CCCCN1CC(=O)N1CCC[C@@H](CCc2ccc(F)cc2)C1. The largest absolute Gasteiger partial charge is 0.341 e. The van der Waals surface area contributed by atoms with Gasteiger partial charge in [-0.3, -0.25) is 9.59 Å². The first-order chi connectivity index (χ1) is 12.1. The third-order valence-electron chi connectivity index (χ3n) is 5.37. The number of nitrogens with zero attached hydrogens (tertiary/aromatic N) is 2. The highest BCUT2D eigenvalue weighted by Crippen LogP contribution is 2.22. The fourth-order valence-corrected chi connectivity index (χ4v) is 3.84. The molecule has 2 amide bonds. The van der Waals surface area contributed by atoms with Crippen molar-refractivity contribution >= 4 is 11.8 Å². The monoisotopic (exact) mass is 346 g/mol. The lowest BCUT2D eigenvalue weighted by Crippen LogP contribution is -2.47. The molecule has 4 nitrogen and oxygen atoms in total. The fourth-order valence-electron chi connectivity index (χ4n) is 3.84. The van der Waals surface area contributed by atoms with Crippen LogP contribution in [-0.4, -0.2) is 47.8 Å². The zero-order valence-electron chi connectivity index (χ0n) is 14.8. The highest BCUT2D eigenvalue weighted by Gasteiger charge is 2.27. The summed E-state index contributed by atoms with van der Waals surface area (Å²) in [5.74, 6) is 0.483. The Labute approximate surface area is 149 Å². The van der Waals surface area contributed by atoms with E-state index in [4.69, 9.17) is 0 Å². The van der Waals surface area contributed by atoms with Crippen LogP contribution in [0.2, 0.25) is 0 Å². The van der Waals surface area contributed by atoms with Gasteiger partial charge >= 0.3 is 0 Å². The van der Waals surface area contributed by atoms with Gasteiger partial charge in [-0.15, -0.1) is 0 Å². The van der Waals surface area contributed by atoms with Crippen LogP contribution in [0.3, 0.4) is 0 Å². The predicted octanol–water partition coefficient (Wildman–Crippen LogP) is 3.01. The summed E-state index contributed by atoms with van der Waals surface area (Å²) in [7, 11) is 0. The van der Waals surface area contributed by atoms with Gasteiger partial charge in [-0.1, -0.05) is 12.1 Å². The minimum atomic E-state index is -0.203. The number of amides is 2. The van der Waals surface area contributed by atoms with Crippen LogP contribution < -0.4 is 0 Å². The Bertz CT molecular complexity index is 602. The molecule has 1 aromatic rings. The van der Waals surface area contributed by atoms with Crippen LogP contribution >= 0.6 is 0 Å². The normalized spacial score (nSPS) is 21.5. The summed E-state index contributed by atoms with van der Waals surface area (Å²) in [5, 5.41) is 0. The van der Waals surface area contributed by atoms with Gasteiger partial charge in [0.25, 0.3) is 0 Å². The quantitative estimate of drug-likeness (QED) is 0.822. The van der Waals surface area contributed by atoms with Gasteiger partial charge in [0, 0.05) is 26.1 Å². The van der Waals surface area contributed by atoms with Gasteiger partial charge in [-0.25, -0.2) is 4.39 Å². The number of carbonyl (C=O) groups excluding carboxylic acids is 2. The van der Waals surface area contributed by atoms with Gasteiger partial charge < -0.3 is 9.80 Å². The molecule has 3 rings (SSSR count). The molecule has 0 radical (unpaired) electrons. The molecule has 5 heteroatoms. The van der Waals surface area contributed by atoms with E-state index in [-0.39, 0.29) is 24.2 Å². The number of benzene rings is 1. The van der Waals surface area contributed by atoms with Gasteiger partial charge in [0.05, 0.1) is 6.54 Å². The van der Waals surface area contributed by atoms with E-state index in [0.29, 0.717) is 18.9 Å². The lowest BCUT2D eigenvalue weighted by Gasteiger charge is -2.35. The van der Waals surface area contributed by atoms with Gasteiger partial charge in [0.15, 0.2) is 0 Å². The highest BCUT2D eigenvalue weighted by molar-refractivity contribution is 5.85. The maximum Gasteiger partial charge on any atom is 0.242 e. The fraction of sp³-hybridized carbons (Fsp3) is 0.600. The molecule has 0 N–H and O–H groups in total. The van der Waals surface area contributed by atoms with Crippen molar-refractivity contribution in [2.45, 2.75) is 44.9 Å². The van der Waals surface area contributed by atoms with Crippen molar-refractivity contribution in [3.8, 4) is 0 Å². The maximum absolute atomic E-state index is 13.0. The molecule has 0 spiro atoms. The van der Waals surface area contributed by atoms with Crippen LogP contribution in [0, 0.1) is 11.7 Å². The molecular weight excluding hydrogens is 319 g/mol. The first kappa shape index (κ1) is 17.9. The molecule has 1 aromatic carbocycles. The molecule has 25 heavy (non-hydrogen) atoms. The van der Waals surface area contributed by atoms with E-state index in [1.807, 2.05) is 17.0 Å². The van der Waals surface area contributed by atoms with Crippen molar-refractivity contribution in [1.82, 2.24) is 9.80 Å². The molecule has 0 aliphatic carbocycles. The Morgan fingerprint density at radius 1 is 1.12 bits per heavy atom. The molecule has 0 bridgehead atoms. The third-order valence-corrected chi connectivity index (χ3v) is 5.37. The third kappa shape index (κ3) is 5.03. The van der Waals surface area contributed by atoms with E-state index < -0.39 is 0 Å². The molecule has 2 saturated heterocycles. The molecule has 2 aliphatic heterocycles. The van der Waals surface area contributed by atoms with Gasteiger partial charge in [-0.2, -0.15) is 0 Å². The van der Waals surface area contributed by atoms with Crippen molar-refractivity contribution in [2.24, 2.45) is 5.92 Å². The molecule has 2 aliphatic rings. The average molecular weight is 346 g/mol. The topological polar surface area (TPSA) is 40.6 Å². The Balaban J connectivity index is 1.47. The van der Waals surface area contributed by atoms with Crippen LogP contribution in [0.1, 0.15) is 44.1 Å². The molecule has 0 unspecified atom stereocenters. The van der Waals surface area contributed by atoms with E-state index >= 15 is 0 Å². The zero-order valence-corrected chi connectivity index (χ0v) is 14.8. The second-order valence-corrected chi connectivity index (χ2v) is 7.29. The summed E-state index contributed by atoms with van der Waals surface area (Å²) in [6.45, 7) is 2.53. The van der Waals surface area contributed by atoms with E-state index in [1.54, 1.807) is 4.90 Å². The number of aryl methyl sites for hydroxylation is 1. The van der Waals surface area contributed by atoms with E-state index in [2.05, 4.69) is 0 Å². The second kappa shape index (κ2) is 8.45.